The molecule has 4 heterocycles. The molecular formula is C50H65F3N6O7SSi. The highest BCUT2D eigenvalue weighted by molar-refractivity contribution is 7.99. The van der Waals surface area contributed by atoms with Gasteiger partial charge in [0, 0.05) is 85.0 Å². The predicted molar refractivity (Wildman–Crippen MR) is 259 cm³/mol. The zero-order valence-corrected chi connectivity index (χ0v) is 41.9. The number of amides is 6. The lowest BCUT2D eigenvalue weighted by Crippen LogP contribution is -2.66. The van der Waals surface area contributed by atoms with E-state index >= 15 is 13.6 Å². The molecule has 3 unspecified atom stereocenters. The van der Waals surface area contributed by atoms with Crippen LogP contribution in [0.3, 0.4) is 0 Å². The van der Waals surface area contributed by atoms with Crippen LogP contribution in [0.4, 0.5) is 18.0 Å². The fourth-order valence-corrected chi connectivity index (χ4v) is 13.6. The Hall–Kier alpha value is -5.36. The summed E-state index contributed by atoms with van der Waals surface area (Å²) < 4.78 is 56.2. The second-order valence-corrected chi connectivity index (χ2v) is 26.3. The minimum atomic E-state index is -2.76. The Kier molecular flexibility index (Phi) is 17.1. The minimum Gasteiger partial charge on any atom is -0.450 e. The first kappa shape index (κ1) is 52.0. The summed E-state index contributed by atoms with van der Waals surface area (Å²) >= 11 is 1.20. The van der Waals surface area contributed by atoms with Crippen LogP contribution in [0.1, 0.15) is 77.1 Å². The molecule has 0 aliphatic carbocycles. The van der Waals surface area contributed by atoms with E-state index in [-0.39, 0.29) is 87.4 Å². The number of carbonyl (C=O) groups is 6. The van der Waals surface area contributed by atoms with Crippen molar-refractivity contribution < 1.29 is 46.7 Å². The normalized spacial score (nSPS) is 23.6. The summed E-state index contributed by atoms with van der Waals surface area (Å²) in [5.74, 6) is -4.84. The Balaban J connectivity index is 1.68. The van der Waals surface area contributed by atoms with Crippen molar-refractivity contribution in [1.82, 2.24) is 29.9 Å². The van der Waals surface area contributed by atoms with Crippen molar-refractivity contribution in [2.45, 2.75) is 116 Å². The number of ether oxygens (including phenoxy) is 1. The van der Waals surface area contributed by atoms with Gasteiger partial charge in [-0.2, -0.15) is 11.8 Å². The maximum Gasteiger partial charge on any atom is 0.409 e. The first-order chi connectivity index (χ1) is 32.2. The van der Waals surface area contributed by atoms with Gasteiger partial charge < -0.3 is 29.7 Å². The Bertz CT molecular complexity index is 2340. The lowest BCUT2D eigenvalue weighted by atomic mass is 9.78. The number of rotatable bonds is 9. The number of likely N-dealkylation sites (tertiary alicyclic amines) is 1. The first-order valence-corrected chi connectivity index (χ1v) is 28.2. The van der Waals surface area contributed by atoms with Gasteiger partial charge in [-0.1, -0.05) is 77.2 Å². The van der Waals surface area contributed by atoms with Crippen LogP contribution in [0, 0.1) is 23.0 Å². The lowest BCUT2D eigenvalue weighted by molar-refractivity contribution is -0.151. The van der Waals surface area contributed by atoms with E-state index in [1.165, 1.54) is 16.7 Å². The Morgan fingerprint density at radius 1 is 0.912 bits per heavy atom. The van der Waals surface area contributed by atoms with Crippen molar-refractivity contribution in [3.05, 3.63) is 95.8 Å². The van der Waals surface area contributed by atoms with Gasteiger partial charge in [0.2, 0.25) is 17.7 Å². The van der Waals surface area contributed by atoms with E-state index in [4.69, 9.17) is 4.74 Å². The fraction of sp³-hybridized carbons (Fsp3) is 0.520. The van der Waals surface area contributed by atoms with Gasteiger partial charge in [-0.25, -0.2) is 18.0 Å². The molecule has 6 rings (SSSR count). The zero-order chi connectivity index (χ0) is 49.5. The van der Waals surface area contributed by atoms with E-state index in [1.54, 1.807) is 24.1 Å². The van der Waals surface area contributed by atoms with Crippen molar-refractivity contribution in [2.75, 3.05) is 37.7 Å². The van der Waals surface area contributed by atoms with Gasteiger partial charge in [0.15, 0.2) is 0 Å². The summed E-state index contributed by atoms with van der Waals surface area (Å²) in [6.45, 7) is 13.7. The van der Waals surface area contributed by atoms with Crippen LogP contribution in [-0.4, -0.2) is 125 Å². The minimum absolute atomic E-state index is 0.0214. The Morgan fingerprint density at radius 2 is 1.57 bits per heavy atom. The van der Waals surface area contributed by atoms with Gasteiger partial charge in [0.25, 0.3) is 11.8 Å². The third-order valence-electron chi connectivity index (χ3n) is 12.8. The van der Waals surface area contributed by atoms with Crippen LogP contribution in [0.5, 0.6) is 0 Å². The largest absolute Gasteiger partial charge is 0.450 e. The summed E-state index contributed by atoms with van der Waals surface area (Å²) in [4.78, 5) is 88.2. The molecule has 0 bridgehead atoms. The number of thioether (sulfide) groups is 1. The SMILES string of the molecule is CCOC(=O)N1C[C@H](F)[C@@H](C2C(N3C(=O)C=CC3=O)CCCCC(=O)NCCNC(=O)CCSCC(=O)N2[C@@H](c2cc(-c3cc(F)ccc3F)cn2Cc2ccccc2)C(C)(C)C)C1[Si](C)(C)C. The summed E-state index contributed by atoms with van der Waals surface area (Å²) in [6, 6.07) is 10.8. The zero-order valence-electron chi connectivity index (χ0n) is 40.1. The molecule has 6 amide bonds. The molecule has 2 aromatic carbocycles. The molecular weight excluding hydrogens is 914 g/mol. The van der Waals surface area contributed by atoms with Crippen molar-refractivity contribution in [2.24, 2.45) is 11.3 Å². The number of aromatic nitrogens is 1. The van der Waals surface area contributed by atoms with E-state index in [2.05, 4.69) is 10.6 Å². The maximum atomic E-state index is 18.0. The number of carbonyl (C=O) groups excluding carboxylic acids is 6. The summed E-state index contributed by atoms with van der Waals surface area (Å²) in [6.07, 6.45) is 2.26. The van der Waals surface area contributed by atoms with Gasteiger partial charge in [-0.15, -0.1) is 0 Å². The third-order valence-corrected chi connectivity index (χ3v) is 16.2. The third kappa shape index (κ3) is 12.3. The molecule has 6 atom stereocenters. The highest BCUT2D eigenvalue weighted by atomic mass is 32.2. The van der Waals surface area contributed by atoms with Crippen LogP contribution >= 0.6 is 11.8 Å². The van der Waals surface area contributed by atoms with E-state index in [0.717, 1.165) is 40.8 Å². The summed E-state index contributed by atoms with van der Waals surface area (Å²) in [7, 11) is -2.76. The van der Waals surface area contributed by atoms with E-state index < -0.39 is 84.8 Å². The Morgan fingerprint density at radius 3 is 2.21 bits per heavy atom. The number of nitrogens with one attached hydrogen (secondary N) is 2. The molecule has 18 heteroatoms. The van der Waals surface area contributed by atoms with Gasteiger partial charge in [0.05, 0.1) is 45.1 Å². The Labute approximate surface area is 402 Å². The number of benzene rings is 2. The fourth-order valence-electron chi connectivity index (χ4n) is 10.1. The van der Waals surface area contributed by atoms with Crippen LogP contribution < -0.4 is 10.6 Å². The van der Waals surface area contributed by atoms with Gasteiger partial charge >= 0.3 is 6.09 Å². The average Bonchev–Trinajstić information content (AvgIpc) is 3.95. The average molecular weight is 979 g/mol. The monoisotopic (exact) mass is 978 g/mol. The molecule has 2 saturated heterocycles. The molecule has 3 aromatic rings. The van der Waals surface area contributed by atoms with Crippen molar-refractivity contribution >= 4 is 55.5 Å². The smallest absolute Gasteiger partial charge is 0.409 e. The number of hydrogen-bond donors (Lipinski definition) is 2. The van der Waals surface area contributed by atoms with Crippen LogP contribution in [-0.2, 0) is 35.3 Å². The second-order valence-electron chi connectivity index (χ2n) is 19.9. The van der Waals surface area contributed by atoms with Crippen molar-refractivity contribution in [3.63, 3.8) is 0 Å². The number of halogens is 3. The standard InChI is InChI=1S/C50H65F3N6O7SSi/c1-8-66-49(65)57-30-37(53)45(48(57)68(5,6)7)46-38(58-42(62)20-21-43(58)63)16-12-13-17-40(60)54-23-24-55-41(61)22-25-67-31-44(64)59(46)47(50(2,3)4)39-26-33(35-27-34(51)18-19-36(35)52)29-56(39)28-32-14-10-9-11-15-32/h9-11,14-15,18-21,26-27,29,37-38,45-48H,8,12-13,16-17,22-25,28,30-31H2,1-7H3,(H,54,60)(H,55,61)/t37-,38?,45-,46?,47-,48?/m0/s1. The van der Waals surface area contributed by atoms with Gasteiger partial charge in [0.1, 0.15) is 17.8 Å². The van der Waals surface area contributed by atoms with E-state index in [9.17, 15) is 28.4 Å². The summed E-state index contributed by atoms with van der Waals surface area (Å²) in [5, 5.41) is 5.62. The van der Waals surface area contributed by atoms with Crippen LogP contribution in [0.25, 0.3) is 11.1 Å². The number of imide groups is 1. The van der Waals surface area contributed by atoms with Crippen LogP contribution in [0.2, 0.25) is 19.6 Å². The molecule has 13 nitrogen and oxygen atoms in total. The number of hydrogen-bond acceptors (Lipinski definition) is 8. The molecule has 368 valence electrons. The quantitative estimate of drug-likeness (QED) is 0.164. The second kappa shape index (κ2) is 22.4. The van der Waals surface area contributed by atoms with E-state index in [1.807, 2.05) is 75.3 Å². The van der Waals surface area contributed by atoms with Crippen molar-refractivity contribution in [3.8, 4) is 11.1 Å². The molecule has 2 fully saturated rings. The van der Waals surface area contributed by atoms with Crippen LogP contribution in [0.15, 0.2) is 72.9 Å². The van der Waals surface area contributed by atoms with Gasteiger partial charge in [-0.05, 0) is 55.0 Å². The highest BCUT2D eigenvalue weighted by Gasteiger charge is 2.59. The highest BCUT2D eigenvalue weighted by Crippen LogP contribution is 2.48. The molecule has 1 aromatic heterocycles. The molecule has 68 heavy (non-hydrogen) atoms. The van der Waals surface area contributed by atoms with E-state index in [0.29, 0.717) is 17.7 Å². The number of nitrogens with zero attached hydrogens (tertiary/aromatic N) is 4. The predicted octanol–water partition coefficient (Wildman–Crippen LogP) is 7.66. The first-order valence-electron chi connectivity index (χ1n) is 23.5. The molecule has 0 saturated carbocycles. The van der Waals surface area contributed by atoms with Crippen molar-refractivity contribution in [1.29, 1.82) is 0 Å². The molecule has 0 spiro atoms. The van der Waals surface area contributed by atoms with Gasteiger partial charge in [-0.3, -0.25) is 28.9 Å². The molecule has 2 N–H and O–H groups in total. The summed E-state index contributed by atoms with van der Waals surface area (Å²) in [5.41, 5.74) is -0.141. The lowest BCUT2D eigenvalue weighted by Gasteiger charge is -2.52. The molecule has 3 aliphatic rings. The molecule has 3 aliphatic heterocycles. The molecule has 0 radical (unpaired) electrons. The maximum absolute atomic E-state index is 18.0. The number of alkyl halides is 1. The topological polar surface area (TPSA) is 150 Å².